The van der Waals surface area contributed by atoms with Crippen molar-refractivity contribution in [3.63, 3.8) is 0 Å². The van der Waals surface area contributed by atoms with Crippen LogP contribution in [0.25, 0.3) is 0 Å². The second-order valence-electron chi connectivity index (χ2n) is 5.29. The summed E-state index contributed by atoms with van der Waals surface area (Å²) in [6, 6.07) is 3.59. The lowest BCUT2D eigenvalue weighted by Crippen LogP contribution is -2.45. The van der Waals surface area contributed by atoms with Gasteiger partial charge in [0.15, 0.2) is 0 Å². The van der Waals surface area contributed by atoms with E-state index in [-0.39, 0.29) is 30.8 Å². The van der Waals surface area contributed by atoms with Gasteiger partial charge in [0.2, 0.25) is 5.91 Å². The van der Waals surface area contributed by atoms with E-state index in [1.165, 1.54) is 11.3 Å². The maximum Gasteiger partial charge on any atom is 0.261 e. The van der Waals surface area contributed by atoms with Crippen molar-refractivity contribution >= 4 is 35.6 Å². The second kappa shape index (κ2) is 9.82. The first-order valence-corrected chi connectivity index (χ1v) is 8.39. The molecule has 1 aliphatic rings. The fourth-order valence-electron chi connectivity index (χ4n) is 2.50. The zero-order valence-electron chi connectivity index (χ0n) is 12.8. The van der Waals surface area contributed by atoms with Gasteiger partial charge in [-0.25, -0.2) is 0 Å². The highest BCUT2D eigenvalue weighted by Gasteiger charge is 2.22. The van der Waals surface area contributed by atoms with Gasteiger partial charge in [-0.3, -0.25) is 9.59 Å². The standard InChI is InChI=1S/C15H23N3O2S.ClH/c1-2-16-10-12-5-7-18(8-6-12)14(19)11-17-15(20)13-4-3-9-21-13;/h3-4,9,12,16H,2,5-8,10-11H2,1H3,(H,17,20);1H. The van der Waals surface area contributed by atoms with Crippen molar-refractivity contribution in [3.05, 3.63) is 22.4 Å². The first kappa shape index (κ1) is 18.9. The van der Waals surface area contributed by atoms with E-state index >= 15 is 0 Å². The maximum atomic E-state index is 12.1. The van der Waals surface area contributed by atoms with Crippen molar-refractivity contribution in [2.45, 2.75) is 19.8 Å². The molecule has 2 rings (SSSR count). The minimum Gasteiger partial charge on any atom is -0.342 e. The zero-order chi connectivity index (χ0) is 15.1. The van der Waals surface area contributed by atoms with Crippen LogP contribution in [0.15, 0.2) is 17.5 Å². The minimum absolute atomic E-state index is 0. The third-order valence-corrected chi connectivity index (χ3v) is 4.66. The number of hydrogen-bond acceptors (Lipinski definition) is 4. The first-order chi connectivity index (χ1) is 10.2. The number of carbonyl (C=O) groups excluding carboxylic acids is 2. The number of amides is 2. The van der Waals surface area contributed by atoms with E-state index in [9.17, 15) is 9.59 Å². The molecule has 1 aromatic rings. The lowest BCUT2D eigenvalue weighted by molar-refractivity contribution is -0.131. The lowest BCUT2D eigenvalue weighted by Gasteiger charge is -2.32. The summed E-state index contributed by atoms with van der Waals surface area (Å²) in [5.41, 5.74) is 0. The fourth-order valence-corrected chi connectivity index (χ4v) is 3.14. The third kappa shape index (κ3) is 5.59. The van der Waals surface area contributed by atoms with Crippen LogP contribution in [0.3, 0.4) is 0 Å². The summed E-state index contributed by atoms with van der Waals surface area (Å²) in [6.45, 7) is 5.82. The Balaban J connectivity index is 0.00000242. The molecule has 2 N–H and O–H groups in total. The Hall–Kier alpha value is -1.11. The van der Waals surface area contributed by atoms with Crippen LogP contribution < -0.4 is 10.6 Å². The van der Waals surface area contributed by atoms with Crippen LogP contribution in [0.1, 0.15) is 29.4 Å². The average Bonchev–Trinajstić information content (AvgIpc) is 3.05. The quantitative estimate of drug-likeness (QED) is 0.825. The smallest absolute Gasteiger partial charge is 0.261 e. The van der Waals surface area contributed by atoms with Crippen molar-refractivity contribution < 1.29 is 9.59 Å². The number of nitrogens with zero attached hydrogens (tertiary/aromatic N) is 1. The van der Waals surface area contributed by atoms with Gasteiger partial charge in [0.25, 0.3) is 5.91 Å². The highest BCUT2D eigenvalue weighted by atomic mass is 35.5. The third-order valence-electron chi connectivity index (χ3n) is 3.80. The van der Waals surface area contributed by atoms with Gasteiger partial charge in [0, 0.05) is 13.1 Å². The molecule has 124 valence electrons. The monoisotopic (exact) mass is 345 g/mol. The van der Waals surface area contributed by atoms with E-state index in [1.807, 2.05) is 16.3 Å². The van der Waals surface area contributed by atoms with Crippen LogP contribution in [0.5, 0.6) is 0 Å². The van der Waals surface area contributed by atoms with Crippen LogP contribution in [0.4, 0.5) is 0 Å². The summed E-state index contributed by atoms with van der Waals surface area (Å²) in [4.78, 5) is 26.4. The van der Waals surface area contributed by atoms with Crippen molar-refractivity contribution in [3.8, 4) is 0 Å². The molecular formula is C15H24ClN3O2S. The lowest BCUT2D eigenvalue weighted by atomic mass is 9.97. The molecule has 0 aliphatic carbocycles. The van der Waals surface area contributed by atoms with Crippen LogP contribution >= 0.6 is 23.7 Å². The van der Waals surface area contributed by atoms with Crippen LogP contribution in [0, 0.1) is 5.92 Å². The van der Waals surface area contributed by atoms with Crippen molar-refractivity contribution in [1.82, 2.24) is 15.5 Å². The van der Waals surface area contributed by atoms with Crippen molar-refractivity contribution in [1.29, 1.82) is 0 Å². The normalized spacial score (nSPS) is 15.2. The van der Waals surface area contributed by atoms with Gasteiger partial charge in [0.1, 0.15) is 0 Å². The van der Waals surface area contributed by atoms with Gasteiger partial charge in [0.05, 0.1) is 11.4 Å². The molecule has 2 amide bonds. The van der Waals surface area contributed by atoms with Gasteiger partial charge in [-0.15, -0.1) is 23.7 Å². The molecule has 0 aromatic carbocycles. The van der Waals surface area contributed by atoms with Crippen molar-refractivity contribution in [2.75, 3.05) is 32.7 Å². The van der Waals surface area contributed by atoms with E-state index in [4.69, 9.17) is 0 Å². The van der Waals surface area contributed by atoms with Crippen LogP contribution in [0.2, 0.25) is 0 Å². The molecule has 1 aliphatic heterocycles. The predicted molar refractivity (Wildman–Crippen MR) is 91.7 cm³/mol. The molecule has 1 fully saturated rings. The zero-order valence-corrected chi connectivity index (χ0v) is 14.5. The fraction of sp³-hybridized carbons (Fsp3) is 0.600. The van der Waals surface area contributed by atoms with Crippen molar-refractivity contribution in [2.24, 2.45) is 5.92 Å². The summed E-state index contributed by atoms with van der Waals surface area (Å²) in [7, 11) is 0. The van der Waals surface area contributed by atoms with Gasteiger partial charge in [-0.1, -0.05) is 13.0 Å². The number of halogens is 1. The van der Waals surface area contributed by atoms with E-state index in [2.05, 4.69) is 17.6 Å². The molecule has 0 saturated carbocycles. The van der Waals surface area contributed by atoms with E-state index in [0.29, 0.717) is 10.8 Å². The molecule has 1 aromatic heterocycles. The molecule has 0 radical (unpaired) electrons. The Morgan fingerprint density at radius 2 is 2.09 bits per heavy atom. The number of hydrogen-bond donors (Lipinski definition) is 2. The largest absolute Gasteiger partial charge is 0.342 e. The molecular weight excluding hydrogens is 322 g/mol. The number of carbonyl (C=O) groups is 2. The Morgan fingerprint density at radius 3 is 2.68 bits per heavy atom. The predicted octanol–water partition coefficient (Wildman–Crippen LogP) is 1.75. The molecule has 0 unspecified atom stereocenters. The molecule has 22 heavy (non-hydrogen) atoms. The Labute approximate surface area is 141 Å². The van der Waals surface area contributed by atoms with Crippen LogP contribution in [-0.2, 0) is 4.79 Å². The molecule has 7 heteroatoms. The Kier molecular flexibility index (Phi) is 8.45. The summed E-state index contributed by atoms with van der Waals surface area (Å²) < 4.78 is 0. The number of likely N-dealkylation sites (tertiary alicyclic amines) is 1. The molecule has 2 heterocycles. The second-order valence-corrected chi connectivity index (χ2v) is 6.24. The van der Waals surface area contributed by atoms with E-state index < -0.39 is 0 Å². The molecule has 5 nitrogen and oxygen atoms in total. The highest BCUT2D eigenvalue weighted by Crippen LogP contribution is 2.16. The molecule has 0 bridgehead atoms. The summed E-state index contributed by atoms with van der Waals surface area (Å²) in [6.07, 6.45) is 2.08. The topological polar surface area (TPSA) is 61.4 Å². The van der Waals surface area contributed by atoms with Gasteiger partial charge in [-0.05, 0) is 43.3 Å². The maximum absolute atomic E-state index is 12.1. The summed E-state index contributed by atoms with van der Waals surface area (Å²) in [5.74, 6) is 0.511. The number of nitrogens with one attached hydrogen (secondary N) is 2. The van der Waals surface area contributed by atoms with E-state index in [1.54, 1.807) is 6.07 Å². The van der Waals surface area contributed by atoms with Gasteiger partial charge in [-0.2, -0.15) is 0 Å². The molecule has 1 saturated heterocycles. The molecule has 0 atom stereocenters. The van der Waals surface area contributed by atoms with Crippen LogP contribution in [-0.4, -0.2) is 49.4 Å². The highest BCUT2D eigenvalue weighted by molar-refractivity contribution is 7.12. The number of piperidine rings is 1. The minimum atomic E-state index is -0.166. The number of rotatable bonds is 6. The SMILES string of the molecule is CCNCC1CCN(C(=O)CNC(=O)c2cccs2)CC1.Cl. The number of thiophene rings is 1. The van der Waals surface area contributed by atoms with Gasteiger partial charge < -0.3 is 15.5 Å². The summed E-state index contributed by atoms with van der Waals surface area (Å²) in [5, 5.41) is 7.91. The Bertz CT molecular complexity index is 459. The molecule has 0 spiro atoms. The summed E-state index contributed by atoms with van der Waals surface area (Å²) >= 11 is 1.38. The Morgan fingerprint density at radius 1 is 1.36 bits per heavy atom. The van der Waals surface area contributed by atoms with Gasteiger partial charge >= 0.3 is 0 Å². The first-order valence-electron chi connectivity index (χ1n) is 7.51. The van der Waals surface area contributed by atoms with E-state index in [0.717, 1.165) is 39.0 Å². The average molecular weight is 346 g/mol.